The van der Waals surface area contributed by atoms with Crippen molar-refractivity contribution in [1.82, 2.24) is 5.32 Å². The number of hydrogen-bond acceptors (Lipinski definition) is 4. The lowest BCUT2D eigenvalue weighted by molar-refractivity contribution is -0.149. The molecule has 0 spiro atoms. The molecule has 2 rings (SSSR count). The van der Waals surface area contributed by atoms with Crippen LogP contribution in [0.1, 0.15) is 19.8 Å². The fourth-order valence-corrected chi connectivity index (χ4v) is 2.04. The van der Waals surface area contributed by atoms with Gasteiger partial charge in [-0.3, -0.25) is 9.59 Å². The van der Waals surface area contributed by atoms with E-state index in [1.54, 1.807) is 26.2 Å². The summed E-state index contributed by atoms with van der Waals surface area (Å²) in [5.41, 5.74) is -1.22. The Morgan fingerprint density at radius 1 is 1.33 bits per heavy atom. The Labute approximate surface area is 123 Å². The topological polar surface area (TPSA) is 84.9 Å². The van der Waals surface area contributed by atoms with Crippen molar-refractivity contribution in [3.8, 4) is 11.5 Å². The zero-order valence-corrected chi connectivity index (χ0v) is 12.1. The molecule has 1 aliphatic rings. The maximum Gasteiger partial charge on any atom is 0.319 e. The first-order valence-electron chi connectivity index (χ1n) is 6.81. The summed E-state index contributed by atoms with van der Waals surface area (Å²) in [6.07, 6.45) is 0.501. The molecule has 6 nitrogen and oxygen atoms in total. The Morgan fingerprint density at radius 3 is 2.48 bits per heavy atom. The summed E-state index contributed by atoms with van der Waals surface area (Å²) in [7, 11) is 1.55. The first-order valence-corrected chi connectivity index (χ1v) is 6.81. The third-order valence-electron chi connectivity index (χ3n) is 3.54. The molecule has 1 unspecified atom stereocenters. The molecule has 0 saturated heterocycles. The fraction of sp³-hybridized carbons (Fsp3) is 0.467. The van der Waals surface area contributed by atoms with Gasteiger partial charge in [-0.15, -0.1) is 0 Å². The second-order valence-electron chi connectivity index (χ2n) is 5.18. The number of aliphatic carboxylic acids is 1. The van der Waals surface area contributed by atoms with Gasteiger partial charge >= 0.3 is 5.97 Å². The van der Waals surface area contributed by atoms with E-state index in [0.717, 1.165) is 0 Å². The standard InChI is InChI=1S/C15H19NO5/c1-10(21-12-6-4-3-5-11(12)20-2)9-16-13(17)15(7-8-15)14(18)19/h3-6,10H,7-9H2,1-2H3,(H,16,17)(H,18,19). The van der Waals surface area contributed by atoms with Gasteiger partial charge in [0.05, 0.1) is 13.7 Å². The number of benzene rings is 1. The van der Waals surface area contributed by atoms with E-state index in [9.17, 15) is 9.59 Å². The van der Waals surface area contributed by atoms with Crippen LogP contribution in [0.25, 0.3) is 0 Å². The average molecular weight is 293 g/mol. The summed E-state index contributed by atoms with van der Waals surface area (Å²) >= 11 is 0. The minimum absolute atomic E-state index is 0.242. The summed E-state index contributed by atoms with van der Waals surface area (Å²) in [4.78, 5) is 22.9. The number of carbonyl (C=O) groups excluding carboxylic acids is 1. The van der Waals surface area contributed by atoms with E-state index in [4.69, 9.17) is 14.6 Å². The van der Waals surface area contributed by atoms with E-state index in [1.165, 1.54) is 0 Å². The monoisotopic (exact) mass is 293 g/mol. The molecule has 1 atom stereocenters. The van der Waals surface area contributed by atoms with E-state index in [2.05, 4.69) is 5.32 Å². The van der Waals surface area contributed by atoms with Crippen LogP contribution in [0.5, 0.6) is 11.5 Å². The second-order valence-corrected chi connectivity index (χ2v) is 5.18. The van der Waals surface area contributed by atoms with Gasteiger partial charge in [-0.05, 0) is 31.9 Å². The minimum atomic E-state index is -1.22. The lowest BCUT2D eigenvalue weighted by Gasteiger charge is -2.18. The quantitative estimate of drug-likeness (QED) is 0.743. The summed E-state index contributed by atoms with van der Waals surface area (Å²) in [6.45, 7) is 2.04. The molecule has 1 saturated carbocycles. The third-order valence-corrected chi connectivity index (χ3v) is 3.54. The van der Waals surface area contributed by atoms with Crippen LogP contribution >= 0.6 is 0 Å². The van der Waals surface area contributed by atoms with Gasteiger partial charge in [0, 0.05) is 0 Å². The maximum atomic E-state index is 11.9. The minimum Gasteiger partial charge on any atom is -0.493 e. The summed E-state index contributed by atoms with van der Waals surface area (Å²) in [6, 6.07) is 7.22. The molecule has 114 valence electrons. The average Bonchev–Trinajstić information content (AvgIpc) is 3.27. The van der Waals surface area contributed by atoms with Gasteiger partial charge in [0.1, 0.15) is 11.5 Å². The highest BCUT2D eigenvalue weighted by Crippen LogP contribution is 2.46. The van der Waals surface area contributed by atoms with Crippen LogP contribution in [0.4, 0.5) is 0 Å². The largest absolute Gasteiger partial charge is 0.493 e. The molecule has 1 amide bonds. The highest BCUT2D eigenvalue weighted by atomic mass is 16.5. The lowest BCUT2D eigenvalue weighted by Crippen LogP contribution is -2.41. The predicted octanol–water partition coefficient (Wildman–Crippen LogP) is 1.44. The Hall–Kier alpha value is -2.24. The molecule has 1 aromatic rings. The van der Waals surface area contributed by atoms with E-state index in [-0.39, 0.29) is 12.6 Å². The number of para-hydroxylation sites is 2. The molecule has 21 heavy (non-hydrogen) atoms. The van der Waals surface area contributed by atoms with Crippen molar-refractivity contribution in [2.75, 3.05) is 13.7 Å². The molecule has 0 radical (unpaired) electrons. The van der Waals surface area contributed by atoms with Gasteiger partial charge < -0.3 is 19.9 Å². The van der Waals surface area contributed by atoms with Gasteiger partial charge in [0.15, 0.2) is 11.5 Å². The molecule has 1 aromatic carbocycles. The Morgan fingerprint density at radius 2 is 1.95 bits per heavy atom. The molecular formula is C15H19NO5. The molecule has 0 heterocycles. The molecule has 0 aliphatic heterocycles. The first kappa shape index (κ1) is 15.2. The Balaban J connectivity index is 1.87. The number of carbonyl (C=O) groups is 2. The van der Waals surface area contributed by atoms with Gasteiger partial charge in [-0.25, -0.2) is 0 Å². The van der Waals surface area contributed by atoms with E-state index < -0.39 is 17.3 Å². The van der Waals surface area contributed by atoms with E-state index in [1.807, 2.05) is 12.1 Å². The van der Waals surface area contributed by atoms with E-state index >= 15 is 0 Å². The second kappa shape index (κ2) is 6.03. The van der Waals surface area contributed by atoms with Gasteiger partial charge in [0.25, 0.3) is 0 Å². The van der Waals surface area contributed by atoms with Crippen molar-refractivity contribution >= 4 is 11.9 Å². The van der Waals surface area contributed by atoms with Crippen LogP contribution < -0.4 is 14.8 Å². The lowest BCUT2D eigenvalue weighted by atomic mass is 10.1. The van der Waals surface area contributed by atoms with Gasteiger partial charge in [0.2, 0.25) is 5.91 Å². The molecule has 0 aromatic heterocycles. The van der Waals surface area contributed by atoms with Crippen LogP contribution in [0.3, 0.4) is 0 Å². The van der Waals surface area contributed by atoms with Crippen molar-refractivity contribution in [1.29, 1.82) is 0 Å². The van der Waals surface area contributed by atoms with E-state index in [0.29, 0.717) is 24.3 Å². The smallest absolute Gasteiger partial charge is 0.319 e. The number of ether oxygens (including phenoxy) is 2. The van der Waals surface area contributed by atoms with Crippen molar-refractivity contribution in [2.45, 2.75) is 25.9 Å². The molecular weight excluding hydrogens is 274 g/mol. The molecule has 2 N–H and O–H groups in total. The molecule has 1 aliphatic carbocycles. The van der Waals surface area contributed by atoms with Gasteiger partial charge in [-0.2, -0.15) is 0 Å². The number of amides is 1. The van der Waals surface area contributed by atoms with Crippen molar-refractivity contribution in [3.63, 3.8) is 0 Å². The maximum absolute atomic E-state index is 11.9. The number of carboxylic acids is 1. The zero-order chi connectivity index (χ0) is 15.5. The van der Waals surface area contributed by atoms with Crippen LogP contribution in [-0.2, 0) is 9.59 Å². The zero-order valence-electron chi connectivity index (χ0n) is 12.1. The number of methoxy groups -OCH3 is 1. The summed E-state index contributed by atoms with van der Waals surface area (Å²) in [5.74, 6) is -0.301. The fourth-order valence-electron chi connectivity index (χ4n) is 2.04. The van der Waals surface area contributed by atoms with Gasteiger partial charge in [-0.1, -0.05) is 12.1 Å². The SMILES string of the molecule is COc1ccccc1OC(C)CNC(=O)C1(C(=O)O)CC1. The van der Waals surface area contributed by atoms with Crippen LogP contribution in [0.15, 0.2) is 24.3 Å². The highest BCUT2D eigenvalue weighted by Gasteiger charge is 2.57. The summed E-state index contributed by atoms with van der Waals surface area (Å²) in [5, 5.41) is 11.7. The van der Waals surface area contributed by atoms with Crippen LogP contribution in [0, 0.1) is 5.41 Å². The Bertz CT molecular complexity index is 539. The molecule has 6 heteroatoms. The molecule has 0 bridgehead atoms. The highest BCUT2D eigenvalue weighted by molar-refractivity contribution is 6.04. The number of rotatable bonds is 7. The normalized spacial score (nSPS) is 16.7. The first-order chi connectivity index (χ1) is 9.99. The predicted molar refractivity (Wildman–Crippen MR) is 75.4 cm³/mol. The number of hydrogen-bond donors (Lipinski definition) is 2. The van der Waals surface area contributed by atoms with Crippen molar-refractivity contribution in [3.05, 3.63) is 24.3 Å². The molecule has 1 fully saturated rings. The van der Waals surface area contributed by atoms with Crippen LogP contribution in [-0.4, -0.2) is 36.7 Å². The van der Waals surface area contributed by atoms with Crippen molar-refractivity contribution < 1.29 is 24.2 Å². The van der Waals surface area contributed by atoms with Crippen molar-refractivity contribution in [2.24, 2.45) is 5.41 Å². The third kappa shape index (κ3) is 3.26. The number of nitrogens with one attached hydrogen (secondary N) is 1. The summed E-state index contributed by atoms with van der Waals surface area (Å²) < 4.78 is 10.9. The number of carboxylic acid groups (broad SMARTS) is 1. The van der Waals surface area contributed by atoms with Crippen LogP contribution in [0.2, 0.25) is 0 Å². The Kier molecular flexibility index (Phi) is 4.35.